The van der Waals surface area contributed by atoms with E-state index < -0.39 is 6.10 Å². The van der Waals surface area contributed by atoms with Crippen molar-refractivity contribution in [2.45, 2.75) is 19.6 Å². The molecule has 6 nitrogen and oxygen atoms in total. The zero-order valence-corrected chi connectivity index (χ0v) is 15.5. The van der Waals surface area contributed by atoms with Crippen molar-refractivity contribution in [3.63, 3.8) is 0 Å². The summed E-state index contributed by atoms with van der Waals surface area (Å²) in [5.74, 6) is 1.93. The number of aromatic nitrogens is 3. The van der Waals surface area contributed by atoms with Gasteiger partial charge in [-0.1, -0.05) is 23.7 Å². The van der Waals surface area contributed by atoms with Crippen molar-refractivity contribution in [2.75, 3.05) is 11.9 Å². The second-order valence-corrected chi connectivity index (χ2v) is 6.80. The van der Waals surface area contributed by atoms with Gasteiger partial charge in [0.15, 0.2) is 5.76 Å². The highest BCUT2D eigenvalue weighted by Crippen LogP contribution is 2.25. The molecule has 4 aromatic rings. The smallest absolute Gasteiger partial charge is 0.214 e. The van der Waals surface area contributed by atoms with Crippen LogP contribution in [0.25, 0.3) is 22.4 Å². The van der Waals surface area contributed by atoms with Crippen LogP contribution in [0.3, 0.4) is 0 Å². The zero-order chi connectivity index (χ0) is 18.8. The largest absolute Gasteiger partial charge is 0.439 e. The number of anilines is 1. The minimum atomic E-state index is -0.475. The summed E-state index contributed by atoms with van der Waals surface area (Å²) in [5, 5.41) is 13.4. The number of aliphatic hydroxyl groups is 1. The van der Waals surface area contributed by atoms with E-state index in [0.29, 0.717) is 35.7 Å². The molecule has 4 rings (SSSR count). The fourth-order valence-corrected chi connectivity index (χ4v) is 3.00. The van der Waals surface area contributed by atoms with Gasteiger partial charge in [-0.2, -0.15) is 0 Å². The molecular weight excluding hydrogens is 364 g/mol. The number of imidazole rings is 1. The summed E-state index contributed by atoms with van der Waals surface area (Å²) in [7, 11) is 0. The Morgan fingerprint density at radius 1 is 1.19 bits per heavy atom. The maximum atomic E-state index is 9.58. The minimum Gasteiger partial charge on any atom is -0.439 e. The van der Waals surface area contributed by atoms with Gasteiger partial charge in [-0.05, 0) is 43.3 Å². The number of nitrogens with one attached hydrogen (secondary N) is 1. The van der Waals surface area contributed by atoms with Gasteiger partial charge in [0.05, 0.1) is 23.3 Å². The molecule has 0 amide bonds. The van der Waals surface area contributed by atoms with Gasteiger partial charge in [-0.25, -0.2) is 9.97 Å². The Kier molecular flexibility index (Phi) is 4.83. The summed E-state index contributed by atoms with van der Waals surface area (Å²) in [6.07, 6.45) is 1.23. The monoisotopic (exact) mass is 382 g/mol. The highest BCUT2D eigenvalue weighted by Gasteiger charge is 2.14. The Morgan fingerprint density at radius 3 is 2.74 bits per heavy atom. The molecule has 0 bridgehead atoms. The van der Waals surface area contributed by atoms with E-state index in [-0.39, 0.29) is 0 Å². The average Bonchev–Trinajstić information content (AvgIpc) is 3.26. The molecule has 138 valence electrons. The Morgan fingerprint density at radius 2 is 1.96 bits per heavy atom. The van der Waals surface area contributed by atoms with E-state index >= 15 is 0 Å². The lowest BCUT2D eigenvalue weighted by Gasteiger charge is -2.10. The molecule has 2 aromatic heterocycles. The third-order valence-corrected chi connectivity index (χ3v) is 4.44. The van der Waals surface area contributed by atoms with E-state index in [1.165, 1.54) is 0 Å². The zero-order valence-electron chi connectivity index (χ0n) is 14.8. The highest BCUT2D eigenvalue weighted by molar-refractivity contribution is 6.30. The lowest BCUT2D eigenvalue weighted by atomic mass is 10.2. The second-order valence-electron chi connectivity index (χ2n) is 6.37. The van der Waals surface area contributed by atoms with Crippen LogP contribution in [-0.2, 0) is 6.54 Å². The van der Waals surface area contributed by atoms with Gasteiger partial charge in [-0.3, -0.25) is 0 Å². The van der Waals surface area contributed by atoms with Crippen molar-refractivity contribution < 1.29 is 9.52 Å². The Bertz CT molecular complexity index is 1050. The molecule has 0 saturated heterocycles. The number of nitrogens with zero attached hydrogens (tertiary/aromatic N) is 3. The fraction of sp³-hybridized carbons (Fsp3) is 0.200. The number of hydrogen-bond acceptors (Lipinski definition) is 5. The average molecular weight is 383 g/mol. The van der Waals surface area contributed by atoms with Crippen LogP contribution in [0, 0.1) is 0 Å². The van der Waals surface area contributed by atoms with Crippen LogP contribution in [-0.4, -0.2) is 32.3 Å². The summed E-state index contributed by atoms with van der Waals surface area (Å²) in [6.45, 7) is 2.56. The van der Waals surface area contributed by atoms with Crippen molar-refractivity contribution in [1.29, 1.82) is 0 Å². The predicted octanol–water partition coefficient (Wildman–Crippen LogP) is 4.19. The number of para-hydroxylation sites is 2. The third kappa shape index (κ3) is 3.82. The van der Waals surface area contributed by atoms with E-state index in [0.717, 1.165) is 16.6 Å². The van der Waals surface area contributed by atoms with Crippen LogP contribution in [0.15, 0.2) is 59.1 Å². The number of oxazole rings is 1. The SMILES string of the molecule is CC(O)CNc1nc2ccccc2n1Cc1ncc(-c2ccc(Cl)cc2)o1. The van der Waals surface area contributed by atoms with E-state index in [2.05, 4.69) is 15.3 Å². The Hall–Kier alpha value is -2.83. The van der Waals surface area contributed by atoms with Gasteiger partial charge in [0, 0.05) is 17.1 Å². The highest BCUT2D eigenvalue weighted by atomic mass is 35.5. The molecule has 0 saturated carbocycles. The molecule has 0 radical (unpaired) electrons. The molecule has 0 fully saturated rings. The number of rotatable bonds is 6. The molecule has 0 aliphatic rings. The van der Waals surface area contributed by atoms with Gasteiger partial charge in [0.25, 0.3) is 0 Å². The molecule has 0 aliphatic heterocycles. The van der Waals surface area contributed by atoms with Crippen LogP contribution < -0.4 is 5.32 Å². The molecule has 1 atom stereocenters. The van der Waals surface area contributed by atoms with Crippen molar-refractivity contribution in [1.82, 2.24) is 14.5 Å². The van der Waals surface area contributed by atoms with Crippen LogP contribution >= 0.6 is 11.6 Å². The summed E-state index contributed by atoms with van der Waals surface area (Å²) in [6, 6.07) is 15.3. The lowest BCUT2D eigenvalue weighted by molar-refractivity contribution is 0.208. The molecule has 0 spiro atoms. The first-order valence-electron chi connectivity index (χ1n) is 8.68. The maximum absolute atomic E-state index is 9.58. The van der Waals surface area contributed by atoms with Gasteiger partial charge in [0.1, 0.15) is 6.54 Å². The molecule has 2 N–H and O–H groups in total. The fourth-order valence-electron chi connectivity index (χ4n) is 2.88. The normalized spacial score (nSPS) is 12.4. The van der Waals surface area contributed by atoms with E-state index in [1.807, 2.05) is 53.1 Å². The van der Waals surface area contributed by atoms with Crippen molar-refractivity contribution in [3.05, 3.63) is 65.6 Å². The summed E-state index contributed by atoms with van der Waals surface area (Å²) in [5.41, 5.74) is 2.76. The van der Waals surface area contributed by atoms with Crippen molar-refractivity contribution in [2.24, 2.45) is 0 Å². The van der Waals surface area contributed by atoms with E-state index in [1.54, 1.807) is 13.1 Å². The van der Waals surface area contributed by atoms with Gasteiger partial charge in [0.2, 0.25) is 11.8 Å². The minimum absolute atomic E-state index is 0.408. The van der Waals surface area contributed by atoms with Crippen LogP contribution in [0.5, 0.6) is 0 Å². The van der Waals surface area contributed by atoms with E-state index in [4.69, 9.17) is 16.0 Å². The first-order valence-corrected chi connectivity index (χ1v) is 9.06. The third-order valence-electron chi connectivity index (χ3n) is 4.19. The number of fused-ring (bicyclic) bond motifs is 1. The summed E-state index contributed by atoms with van der Waals surface area (Å²) >= 11 is 5.94. The molecular formula is C20H19ClN4O2. The molecule has 2 aromatic carbocycles. The van der Waals surface area contributed by atoms with Crippen LogP contribution in [0.1, 0.15) is 12.8 Å². The molecule has 1 unspecified atom stereocenters. The van der Waals surface area contributed by atoms with Crippen molar-refractivity contribution in [3.8, 4) is 11.3 Å². The number of hydrogen-bond donors (Lipinski definition) is 2. The quantitative estimate of drug-likeness (QED) is 0.523. The number of aliphatic hydroxyl groups excluding tert-OH is 1. The van der Waals surface area contributed by atoms with Crippen LogP contribution in [0.4, 0.5) is 5.95 Å². The van der Waals surface area contributed by atoms with Crippen LogP contribution in [0.2, 0.25) is 5.02 Å². The Balaban J connectivity index is 1.64. The Labute approximate surface area is 161 Å². The van der Waals surface area contributed by atoms with Gasteiger partial charge < -0.3 is 19.4 Å². The van der Waals surface area contributed by atoms with Gasteiger partial charge >= 0.3 is 0 Å². The lowest BCUT2D eigenvalue weighted by Crippen LogP contribution is -2.18. The first-order chi connectivity index (χ1) is 13.1. The first kappa shape index (κ1) is 17.6. The summed E-state index contributed by atoms with van der Waals surface area (Å²) in [4.78, 5) is 9.02. The number of halogens is 1. The number of benzene rings is 2. The molecule has 27 heavy (non-hydrogen) atoms. The maximum Gasteiger partial charge on any atom is 0.214 e. The predicted molar refractivity (Wildman–Crippen MR) is 106 cm³/mol. The van der Waals surface area contributed by atoms with E-state index in [9.17, 15) is 5.11 Å². The van der Waals surface area contributed by atoms with Gasteiger partial charge in [-0.15, -0.1) is 0 Å². The molecule has 2 heterocycles. The summed E-state index contributed by atoms with van der Waals surface area (Å²) < 4.78 is 7.93. The second kappa shape index (κ2) is 7.42. The van der Waals surface area contributed by atoms with Crippen molar-refractivity contribution >= 4 is 28.6 Å². The topological polar surface area (TPSA) is 76.1 Å². The molecule has 7 heteroatoms. The standard InChI is InChI=1S/C20H19ClN4O2/c1-13(26)10-23-20-24-16-4-2-3-5-17(16)25(20)12-19-22-11-18(27-19)14-6-8-15(21)9-7-14/h2-9,11,13,26H,10,12H2,1H3,(H,23,24). The molecule has 0 aliphatic carbocycles.